The van der Waals surface area contributed by atoms with Crippen LogP contribution in [-0.2, 0) is 21.6 Å². The van der Waals surface area contributed by atoms with Crippen LogP contribution in [-0.4, -0.2) is 28.4 Å². The molecule has 0 amide bonds. The number of carboxylic acids is 1. The molecule has 0 unspecified atom stereocenters. The van der Waals surface area contributed by atoms with Gasteiger partial charge in [-0.05, 0) is 19.3 Å². The van der Waals surface area contributed by atoms with Crippen LogP contribution in [0.3, 0.4) is 0 Å². The lowest BCUT2D eigenvalue weighted by atomic mass is 9.86. The van der Waals surface area contributed by atoms with Gasteiger partial charge in [0.1, 0.15) is 5.60 Å². The first-order chi connectivity index (χ1) is 8.16. The third kappa shape index (κ3) is 3.80. The maximum atomic E-state index is 10.7. The number of aliphatic carboxylic acids is 1. The van der Waals surface area contributed by atoms with Gasteiger partial charge in [0.2, 0.25) is 11.8 Å². The van der Waals surface area contributed by atoms with Crippen LogP contribution in [0.2, 0.25) is 0 Å². The van der Waals surface area contributed by atoms with E-state index in [0.29, 0.717) is 18.2 Å². The second-order valence-corrected chi connectivity index (χ2v) is 5.63. The lowest BCUT2D eigenvalue weighted by Crippen LogP contribution is -2.20. The number of carbonyl (C=O) groups is 1. The highest BCUT2D eigenvalue weighted by atomic mass is 16.5. The first-order valence-corrected chi connectivity index (χ1v) is 5.76. The molecule has 18 heavy (non-hydrogen) atoms. The summed E-state index contributed by atoms with van der Waals surface area (Å²) in [5.74, 6) is -0.00976. The predicted molar refractivity (Wildman–Crippen MR) is 64.1 cm³/mol. The third-order valence-corrected chi connectivity index (χ3v) is 2.75. The molecule has 0 saturated carbocycles. The molecule has 0 radical (unpaired) electrons. The number of carboxylic acid groups (broad SMARTS) is 1. The molecule has 6 heteroatoms. The van der Waals surface area contributed by atoms with Crippen molar-refractivity contribution in [3.8, 4) is 0 Å². The minimum Gasteiger partial charge on any atom is -0.481 e. The summed E-state index contributed by atoms with van der Waals surface area (Å²) in [4.78, 5) is 10.7. The van der Waals surface area contributed by atoms with Gasteiger partial charge in [-0.15, -0.1) is 10.2 Å². The third-order valence-electron chi connectivity index (χ3n) is 2.75. The zero-order valence-electron chi connectivity index (χ0n) is 11.5. The topological polar surface area (TPSA) is 85.5 Å². The summed E-state index contributed by atoms with van der Waals surface area (Å²) in [6.45, 7) is 7.36. The van der Waals surface area contributed by atoms with Gasteiger partial charge in [-0.1, -0.05) is 13.8 Å². The molecule has 0 bridgehead atoms. The van der Waals surface area contributed by atoms with E-state index < -0.39 is 17.0 Å². The Bertz CT molecular complexity index is 423. The van der Waals surface area contributed by atoms with Crippen molar-refractivity contribution < 1.29 is 19.1 Å². The van der Waals surface area contributed by atoms with Crippen LogP contribution in [0.4, 0.5) is 0 Å². The Morgan fingerprint density at radius 2 is 1.94 bits per heavy atom. The Morgan fingerprint density at radius 3 is 2.44 bits per heavy atom. The summed E-state index contributed by atoms with van der Waals surface area (Å²) in [6, 6.07) is 0. The van der Waals surface area contributed by atoms with Crippen LogP contribution < -0.4 is 0 Å². The molecule has 1 rings (SSSR count). The zero-order valence-corrected chi connectivity index (χ0v) is 11.5. The van der Waals surface area contributed by atoms with Crippen LogP contribution in [0.5, 0.6) is 0 Å². The van der Waals surface area contributed by atoms with Gasteiger partial charge < -0.3 is 14.3 Å². The molecule has 1 aromatic rings. The Kier molecular flexibility index (Phi) is 4.11. The van der Waals surface area contributed by atoms with Crippen LogP contribution in [0.25, 0.3) is 0 Å². The molecule has 0 aliphatic carbocycles. The maximum absolute atomic E-state index is 10.7. The van der Waals surface area contributed by atoms with E-state index >= 15 is 0 Å². The van der Waals surface area contributed by atoms with Gasteiger partial charge in [-0.3, -0.25) is 4.79 Å². The number of ether oxygens (including phenoxy) is 1. The van der Waals surface area contributed by atoms with Crippen molar-refractivity contribution in [3.05, 3.63) is 11.8 Å². The number of nitrogens with zero attached hydrogens (tertiary/aromatic N) is 2. The highest BCUT2D eigenvalue weighted by Gasteiger charge is 2.29. The van der Waals surface area contributed by atoms with Crippen molar-refractivity contribution in [1.29, 1.82) is 0 Å². The number of aromatic nitrogens is 2. The summed E-state index contributed by atoms with van der Waals surface area (Å²) in [5.41, 5.74) is -1.06. The highest BCUT2D eigenvalue weighted by molar-refractivity contribution is 5.67. The molecule has 0 spiro atoms. The molecule has 1 heterocycles. The molecule has 0 atom stereocenters. The van der Waals surface area contributed by atoms with Crippen molar-refractivity contribution in [2.45, 2.75) is 46.1 Å². The van der Waals surface area contributed by atoms with E-state index in [2.05, 4.69) is 10.2 Å². The average molecular weight is 256 g/mol. The van der Waals surface area contributed by atoms with E-state index in [-0.39, 0.29) is 6.42 Å². The summed E-state index contributed by atoms with van der Waals surface area (Å²) < 4.78 is 10.8. The molecule has 0 aliphatic rings. The molecular weight excluding hydrogens is 236 g/mol. The normalized spacial score (nSPS) is 12.7. The molecule has 0 aromatic carbocycles. The average Bonchev–Trinajstić information content (AvgIpc) is 2.63. The number of hydrogen-bond acceptors (Lipinski definition) is 5. The predicted octanol–water partition coefficient (Wildman–Crippen LogP) is 1.99. The number of methoxy groups -OCH3 is 1. The van der Waals surface area contributed by atoms with E-state index in [1.165, 1.54) is 0 Å². The Hall–Kier alpha value is -1.43. The zero-order chi connectivity index (χ0) is 14.0. The molecule has 1 aromatic heterocycles. The van der Waals surface area contributed by atoms with Crippen LogP contribution in [0.1, 0.15) is 45.9 Å². The quantitative estimate of drug-likeness (QED) is 0.837. The fourth-order valence-electron chi connectivity index (χ4n) is 1.54. The van der Waals surface area contributed by atoms with Gasteiger partial charge in [-0.2, -0.15) is 0 Å². The lowest BCUT2D eigenvalue weighted by molar-refractivity contribution is -0.139. The first-order valence-electron chi connectivity index (χ1n) is 5.76. The lowest BCUT2D eigenvalue weighted by Gasteiger charge is -2.20. The highest BCUT2D eigenvalue weighted by Crippen LogP contribution is 2.28. The molecule has 0 aliphatic heterocycles. The van der Waals surface area contributed by atoms with Gasteiger partial charge in [-0.25, -0.2) is 0 Å². The van der Waals surface area contributed by atoms with Crippen LogP contribution >= 0.6 is 0 Å². The monoisotopic (exact) mass is 256 g/mol. The van der Waals surface area contributed by atoms with E-state index in [1.54, 1.807) is 7.11 Å². The second kappa shape index (κ2) is 5.06. The van der Waals surface area contributed by atoms with Crippen molar-refractivity contribution in [1.82, 2.24) is 10.2 Å². The van der Waals surface area contributed by atoms with Crippen molar-refractivity contribution >= 4 is 5.97 Å². The summed E-state index contributed by atoms with van der Waals surface area (Å²) in [7, 11) is 1.57. The minimum absolute atomic E-state index is 0.0540. The van der Waals surface area contributed by atoms with Gasteiger partial charge >= 0.3 is 5.97 Å². The Balaban J connectivity index is 2.78. The number of hydrogen-bond donors (Lipinski definition) is 1. The summed E-state index contributed by atoms with van der Waals surface area (Å²) >= 11 is 0. The molecule has 0 saturated heterocycles. The van der Waals surface area contributed by atoms with E-state index in [0.717, 1.165) is 0 Å². The Labute approximate surface area is 106 Å². The van der Waals surface area contributed by atoms with Gasteiger partial charge in [0.25, 0.3) is 0 Å². The second-order valence-electron chi connectivity index (χ2n) is 5.63. The van der Waals surface area contributed by atoms with Gasteiger partial charge in [0.05, 0.1) is 6.42 Å². The van der Waals surface area contributed by atoms with Gasteiger partial charge in [0.15, 0.2) is 0 Å². The van der Waals surface area contributed by atoms with Crippen molar-refractivity contribution in [3.63, 3.8) is 0 Å². The van der Waals surface area contributed by atoms with E-state index in [9.17, 15) is 4.79 Å². The van der Waals surface area contributed by atoms with E-state index in [1.807, 2.05) is 27.7 Å². The van der Waals surface area contributed by atoms with Crippen molar-refractivity contribution in [2.75, 3.05) is 7.11 Å². The minimum atomic E-state index is -0.836. The smallest absolute Gasteiger partial charge is 0.303 e. The Morgan fingerprint density at radius 1 is 1.33 bits per heavy atom. The molecule has 102 valence electrons. The number of rotatable bonds is 6. The fraction of sp³-hybridized carbons (Fsp3) is 0.750. The largest absolute Gasteiger partial charge is 0.481 e. The maximum Gasteiger partial charge on any atom is 0.303 e. The molecule has 6 nitrogen and oxygen atoms in total. The van der Waals surface area contributed by atoms with Crippen LogP contribution in [0, 0.1) is 5.41 Å². The SMILES string of the molecule is COC(C)(C)c1nnc(CC(C)(C)CC(=O)O)o1. The summed E-state index contributed by atoms with van der Waals surface area (Å²) in [5, 5.41) is 16.7. The van der Waals surface area contributed by atoms with Crippen LogP contribution in [0.15, 0.2) is 4.42 Å². The summed E-state index contributed by atoms with van der Waals surface area (Å²) in [6.07, 6.45) is 0.477. The van der Waals surface area contributed by atoms with Crippen molar-refractivity contribution in [2.24, 2.45) is 5.41 Å². The van der Waals surface area contributed by atoms with Gasteiger partial charge in [0, 0.05) is 13.5 Å². The molecule has 0 fully saturated rings. The standard InChI is InChI=1S/C12H20N2O4/c1-11(2,7-9(15)16)6-8-13-14-10(18-8)12(3,4)17-5/h6-7H2,1-5H3,(H,15,16). The fourth-order valence-corrected chi connectivity index (χ4v) is 1.54. The van der Waals surface area contributed by atoms with E-state index in [4.69, 9.17) is 14.3 Å². The first kappa shape index (κ1) is 14.6. The molecule has 1 N–H and O–H groups in total. The molecular formula is C12H20N2O4.